The molecule has 170 valence electrons. The second-order valence-electron chi connectivity index (χ2n) is 8.77. The summed E-state index contributed by atoms with van der Waals surface area (Å²) in [5.74, 6) is 3.44. The van der Waals surface area contributed by atoms with Crippen molar-refractivity contribution < 1.29 is 4.74 Å². The first-order chi connectivity index (χ1) is 14.1. The Morgan fingerprint density at radius 2 is 1.97 bits per heavy atom. The van der Waals surface area contributed by atoms with E-state index in [-0.39, 0.29) is 24.0 Å². The third kappa shape index (κ3) is 7.18. The van der Waals surface area contributed by atoms with E-state index in [0.29, 0.717) is 0 Å². The molecule has 2 saturated heterocycles. The molecular weight excluding hydrogens is 489 g/mol. The summed E-state index contributed by atoms with van der Waals surface area (Å²) in [7, 11) is 3.63. The maximum absolute atomic E-state index is 5.37. The van der Waals surface area contributed by atoms with Crippen LogP contribution in [0.15, 0.2) is 29.3 Å². The smallest absolute Gasteiger partial charge is 0.193 e. The predicted octanol–water partition coefficient (Wildman–Crippen LogP) is 3.38. The third-order valence-corrected chi connectivity index (χ3v) is 5.98. The first-order valence-electron chi connectivity index (χ1n) is 11.2. The van der Waals surface area contributed by atoms with Crippen molar-refractivity contribution >= 4 is 35.6 Å². The third-order valence-electron chi connectivity index (χ3n) is 5.98. The number of benzene rings is 1. The molecular formula is C23H40IN5O. The van der Waals surface area contributed by atoms with E-state index in [9.17, 15) is 0 Å². The van der Waals surface area contributed by atoms with Crippen LogP contribution in [0.5, 0.6) is 5.75 Å². The van der Waals surface area contributed by atoms with E-state index in [1.54, 1.807) is 7.11 Å². The van der Waals surface area contributed by atoms with E-state index in [1.165, 1.54) is 38.2 Å². The number of piperazine rings is 1. The van der Waals surface area contributed by atoms with Gasteiger partial charge >= 0.3 is 0 Å². The van der Waals surface area contributed by atoms with Crippen molar-refractivity contribution in [1.82, 2.24) is 15.1 Å². The van der Waals surface area contributed by atoms with Gasteiger partial charge in [-0.1, -0.05) is 19.9 Å². The fourth-order valence-electron chi connectivity index (χ4n) is 4.55. The molecule has 7 heteroatoms. The Balaban J connectivity index is 0.00000320. The van der Waals surface area contributed by atoms with Crippen molar-refractivity contribution in [2.24, 2.45) is 16.8 Å². The molecule has 0 saturated carbocycles. The lowest BCUT2D eigenvalue weighted by molar-refractivity contribution is 0.159. The number of halogens is 1. The molecule has 3 rings (SSSR count). The molecule has 1 aromatic rings. The molecule has 1 atom stereocenters. The van der Waals surface area contributed by atoms with Gasteiger partial charge in [-0.2, -0.15) is 0 Å². The Hall–Kier alpha value is -1.22. The van der Waals surface area contributed by atoms with Crippen LogP contribution >= 0.6 is 24.0 Å². The lowest BCUT2D eigenvalue weighted by atomic mass is 9.97. The van der Waals surface area contributed by atoms with Gasteiger partial charge in [0.15, 0.2) is 5.96 Å². The van der Waals surface area contributed by atoms with Gasteiger partial charge in [-0.3, -0.25) is 4.99 Å². The van der Waals surface area contributed by atoms with Crippen LogP contribution in [-0.4, -0.2) is 82.3 Å². The normalized spacial score (nSPS) is 20.8. The minimum atomic E-state index is 0. The average molecular weight is 530 g/mol. The molecule has 0 radical (unpaired) electrons. The molecule has 0 spiro atoms. The lowest BCUT2D eigenvalue weighted by Gasteiger charge is -2.38. The summed E-state index contributed by atoms with van der Waals surface area (Å²) in [6.45, 7) is 13.3. The zero-order valence-corrected chi connectivity index (χ0v) is 21.5. The summed E-state index contributed by atoms with van der Waals surface area (Å²) >= 11 is 0. The highest BCUT2D eigenvalue weighted by Crippen LogP contribution is 2.22. The van der Waals surface area contributed by atoms with Crippen LogP contribution in [0.25, 0.3) is 0 Å². The minimum Gasteiger partial charge on any atom is -0.497 e. The highest BCUT2D eigenvalue weighted by molar-refractivity contribution is 14.0. The average Bonchev–Trinajstić information content (AvgIpc) is 2.74. The Morgan fingerprint density at radius 1 is 1.20 bits per heavy atom. The van der Waals surface area contributed by atoms with Crippen LogP contribution in [0, 0.1) is 11.8 Å². The molecule has 0 bridgehead atoms. The Morgan fingerprint density at radius 3 is 2.63 bits per heavy atom. The largest absolute Gasteiger partial charge is 0.497 e. The maximum Gasteiger partial charge on any atom is 0.193 e. The van der Waals surface area contributed by atoms with Gasteiger partial charge in [-0.25, -0.2) is 0 Å². The minimum absolute atomic E-state index is 0. The highest BCUT2D eigenvalue weighted by atomic mass is 127. The van der Waals surface area contributed by atoms with Gasteiger partial charge in [0.2, 0.25) is 0 Å². The second kappa shape index (κ2) is 12.6. The number of nitrogens with one attached hydrogen (secondary N) is 1. The second-order valence-corrected chi connectivity index (χ2v) is 8.77. The van der Waals surface area contributed by atoms with E-state index in [4.69, 9.17) is 4.74 Å². The Labute approximate surface area is 200 Å². The monoisotopic (exact) mass is 529 g/mol. The van der Waals surface area contributed by atoms with Gasteiger partial charge in [0.05, 0.1) is 7.11 Å². The van der Waals surface area contributed by atoms with E-state index >= 15 is 0 Å². The van der Waals surface area contributed by atoms with Crippen molar-refractivity contribution in [2.45, 2.75) is 26.7 Å². The summed E-state index contributed by atoms with van der Waals surface area (Å²) in [5.41, 5.74) is 1.24. The first-order valence-corrected chi connectivity index (χ1v) is 11.2. The Kier molecular flexibility index (Phi) is 10.5. The van der Waals surface area contributed by atoms with E-state index in [1.807, 2.05) is 13.1 Å². The summed E-state index contributed by atoms with van der Waals surface area (Å²) < 4.78 is 5.37. The van der Waals surface area contributed by atoms with Crippen LogP contribution in [0.1, 0.15) is 26.7 Å². The lowest BCUT2D eigenvalue weighted by Crippen LogP contribution is -2.53. The van der Waals surface area contributed by atoms with Crippen molar-refractivity contribution in [3.63, 3.8) is 0 Å². The SMILES string of the molecule is CN=C(NCC1CCCN(CC(C)C)C1)N1CCN(c2cccc(OC)c2)CC1.I. The molecule has 1 aromatic carbocycles. The van der Waals surface area contributed by atoms with Crippen LogP contribution in [0.2, 0.25) is 0 Å². The number of ether oxygens (including phenoxy) is 1. The van der Waals surface area contributed by atoms with Crippen molar-refractivity contribution in [1.29, 1.82) is 0 Å². The molecule has 2 aliphatic heterocycles. The number of nitrogens with zero attached hydrogens (tertiary/aromatic N) is 4. The number of methoxy groups -OCH3 is 1. The van der Waals surface area contributed by atoms with E-state index in [0.717, 1.165) is 56.3 Å². The number of rotatable bonds is 6. The van der Waals surface area contributed by atoms with Gasteiger partial charge < -0.3 is 24.8 Å². The fourth-order valence-corrected chi connectivity index (χ4v) is 4.55. The van der Waals surface area contributed by atoms with Crippen LogP contribution < -0.4 is 15.0 Å². The van der Waals surface area contributed by atoms with Crippen LogP contribution in [0.4, 0.5) is 5.69 Å². The molecule has 0 aromatic heterocycles. The van der Waals surface area contributed by atoms with Gasteiger partial charge in [0, 0.05) is 64.6 Å². The molecule has 1 unspecified atom stereocenters. The molecule has 0 amide bonds. The van der Waals surface area contributed by atoms with Gasteiger partial charge in [0.25, 0.3) is 0 Å². The summed E-state index contributed by atoms with van der Waals surface area (Å²) in [6, 6.07) is 8.35. The number of anilines is 1. The van der Waals surface area contributed by atoms with E-state index in [2.05, 4.69) is 57.1 Å². The van der Waals surface area contributed by atoms with Gasteiger partial charge in [0.1, 0.15) is 5.75 Å². The zero-order valence-electron chi connectivity index (χ0n) is 19.1. The number of hydrogen-bond donors (Lipinski definition) is 1. The summed E-state index contributed by atoms with van der Waals surface area (Å²) in [4.78, 5) is 12.0. The van der Waals surface area contributed by atoms with Crippen LogP contribution in [-0.2, 0) is 0 Å². The Bertz CT molecular complexity index is 661. The molecule has 2 heterocycles. The molecule has 2 aliphatic rings. The number of likely N-dealkylation sites (tertiary alicyclic amines) is 1. The summed E-state index contributed by atoms with van der Waals surface area (Å²) in [6.07, 6.45) is 2.64. The number of piperidine rings is 1. The highest BCUT2D eigenvalue weighted by Gasteiger charge is 2.23. The predicted molar refractivity (Wildman–Crippen MR) is 138 cm³/mol. The van der Waals surface area contributed by atoms with E-state index < -0.39 is 0 Å². The van der Waals surface area contributed by atoms with Gasteiger partial charge in [-0.05, 0) is 43.4 Å². The van der Waals surface area contributed by atoms with Gasteiger partial charge in [-0.15, -0.1) is 24.0 Å². The van der Waals surface area contributed by atoms with Crippen molar-refractivity contribution in [2.75, 3.05) is 71.4 Å². The van der Waals surface area contributed by atoms with Crippen molar-refractivity contribution in [3.8, 4) is 5.75 Å². The number of aliphatic imine (C=N–C) groups is 1. The standard InChI is InChI=1S/C23H39N5O.HI/c1-19(2)17-26-10-6-7-20(18-26)16-25-23(24-3)28-13-11-27(12-14-28)21-8-5-9-22(15-21)29-4;/h5,8-9,15,19-20H,6-7,10-14,16-18H2,1-4H3,(H,24,25);1H. The fraction of sp³-hybridized carbons (Fsp3) is 0.696. The maximum atomic E-state index is 5.37. The quantitative estimate of drug-likeness (QED) is 0.348. The molecule has 1 N–H and O–H groups in total. The summed E-state index contributed by atoms with van der Waals surface area (Å²) in [5, 5.41) is 3.67. The van der Waals surface area contributed by atoms with Crippen molar-refractivity contribution in [3.05, 3.63) is 24.3 Å². The molecule has 30 heavy (non-hydrogen) atoms. The topological polar surface area (TPSA) is 43.3 Å². The zero-order chi connectivity index (χ0) is 20.6. The first kappa shape index (κ1) is 25.0. The molecule has 2 fully saturated rings. The number of hydrogen-bond acceptors (Lipinski definition) is 4. The molecule has 6 nitrogen and oxygen atoms in total. The number of guanidine groups is 1. The molecule has 0 aliphatic carbocycles. The van der Waals surface area contributed by atoms with Crippen LogP contribution in [0.3, 0.4) is 0 Å².